The van der Waals surface area contributed by atoms with E-state index in [4.69, 9.17) is 11.6 Å². The highest BCUT2D eigenvalue weighted by Crippen LogP contribution is 2.22. The molecule has 0 spiro atoms. The maximum atomic E-state index is 11.6. The number of nitrogens with zero attached hydrogens (tertiary/aromatic N) is 2. The Kier molecular flexibility index (Phi) is 4.02. The molecule has 2 rings (SSSR count). The van der Waals surface area contributed by atoms with Crippen molar-refractivity contribution in [3.05, 3.63) is 30.0 Å². The van der Waals surface area contributed by atoms with Gasteiger partial charge in [0.2, 0.25) is 0 Å². The standard InChI is InChI=1S/C14H17ClN2O/c1-10(18)11(7-8-15)9-13-12-5-3-4-6-14(12)17(2)16-13/h3-6,11H,7-9H2,1-2H3. The fourth-order valence-corrected chi connectivity index (χ4v) is 2.52. The monoisotopic (exact) mass is 264 g/mol. The summed E-state index contributed by atoms with van der Waals surface area (Å²) < 4.78 is 1.86. The fraction of sp³-hybridized carbons (Fsp3) is 0.429. The number of halogens is 1. The van der Waals surface area contributed by atoms with E-state index in [0.29, 0.717) is 18.7 Å². The second kappa shape index (κ2) is 5.53. The molecule has 96 valence electrons. The van der Waals surface area contributed by atoms with Gasteiger partial charge in [-0.2, -0.15) is 5.10 Å². The lowest BCUT2D eigenvalue weighted by molar-refractivity contribution is -0.120. The molecule has 18 heavy (non-hydrogen) atoms. The van der Waals surface area contributed by atoms with Gasteiger partial charge in [0.25, 0.3) is 0 Å². The number of alkyl halides is 1. The predicted molar refractivity (Wildman–Crippen MR) is 73.9 cm³/mol. The lowest BCUT2D eigenvalue weighted by Crippen LogP contribution is -2.15. The number of carbonyl (C=O) groups is 1. The minimum atomic E-state index is -0.0270. The van der Waals surface area contributed by atoms with Gasteiger partial charge in [-0.3, -0.25) is 9.48 Å². The van der Waals surface area contributed by atoms with Crippen molar-refractivity contribution in [2.45, 2.75) is 19.8 Å². The zero-order chi connectivity index (χ0) is 13.1. The average molecular weight is 265 g/mol. The molecule has 0 bridgehead atoms. The van der Waals surface area contributed by atoms with E-state index in [-0.39, 0.29) is 11.7 Å². The molecule has 1 aromatic carbocycles. The molecule has 0 aliphatic rings. The van der Waals surface area contributed by atoms with Gasteiger partial charge in [-0.05, 0) is 19.4 Å². The highest BCUT2D eigenvalue weighted by molar-refractivity contribution is 6.18. The first-order valence-electron chi connectivity index (χ1n) is 6.10. The summed E-state index contributed by atoms with van der Waals surface area (Å²) in [7, 11) is 1.93. The molecule has 0 saturated carbocycles. The molecule has 2 aromatic rings. The first kappa shape index (κ1) is 13.1. The number of Topliss-reactive ketones (excluding diaryl/α,β-unsaturated/α-hetero) is 1. The highest BCUT2D eigenvalue weighted by Gasteiger charge is 2.18. The molecule has 3 nitrogen and oxygen atoms in total. The molecular formula is C14H17ClN2O. The van der Waals surface area contributed by atoms with Gasteiger partial charge in [0.15, 0.2) is 0 Å². The smallest absolute Gasteiger partial charge is 0.133 e. The molecule has 0 fully saturated rings. The average Bonchev–Trinajstić information content (AvgIpc) is 2.66. The molecule has 0 saturated heterocycles. The largest absolute Gasteiger partial charge is 0.300 e. The zero-order valence-corrected chi connectivity index (χ0v) is 11.4. The van der Waals surface area contributed by atoms with Gasteiger partial charge in [0.05, 0.1) is 11.2 Å². The van der Waals surface area contributed by atoms with Crippen LogP contribution in [0.4, 0.5) is 0 Å². The summed E-state index contributed by atoms with van der Waals surface area (Å²) >= 11 is 5.75. The summed E-state index contributed by atoms with van der Waals surface area (Å²) in [5.74, 6) is 0.667. The third-order valence-corrected chi connectivity index (χ3v) is 3.52. The summed E-state index contributed by atoms with van der Waals surface area (Å²) in [5.41, 5.74) is 2.08. The van der Waals surface area contributed by atoms with Crippen molar-refractivity contribution in [2.24, 2.45) is 13.0 Å². The van der Waals surface area contributed by atoms with Gasteiger partial charge in [-0.1, -0.05) is 18.2 Å². The number of aryl methyl sites for hydroxylation is 1. The SMILES string of the molecule is CC(=O)C(CCCl)Cc1nn(C)c2ccccc12. The van der Waals surface area contributed by atoms with Crippen LogP contribution in [0.15, 0.2) is 24.3 Å². The number of fused-ring (bicyclic) bond motifs is 1. The zero-order valence-electron chi connectivity index (χ0n) is 10.7. The van der Waals surface area contributed by atoms with Crippen LogP contribution < -0.4 is 0 Å². The maximum absolute atomic E-state index is 11.6. The van der Waals surface area contributed by atoms with Crippen LogP contribution in [-0.4, -0.2) is 21.4 Å². The van der Waals surface area contributed by atoms with E-state index in [2.05, 4.69) is 11.2 Å². The summed E-state index contributed by atoms with van der Waals surface area (Å²) in [6, 6.07) is 8.08. The summed E-state index contributed by atoms with van der Waals surface area (Å²) in [6.07, 6.45) is 1.38. The quantitative estimate of drug-likeness (QED) is 0.779. The molecule has 0 aliphatic carbocycles. The molecule has 1 atom stereocenters. The Morgan fingerprint density at radius 3 is 2.83 bits per heavy atom. The van der Waals surface area contributed by atoms with E-state index in [1.165, 1.54) is 0 Å². The Hall–Kier alpha value is -1.35. The Balaban J connectivity index is 2.33. The van der Waals surface area contributed by atoms with Crippen LogP contribution in [-0.2, 0) is 18.3 Å². The topological polar surface area (TPSA) is 34.9 Å². The van der Waals surface area contributed by atoms with Gasteiger partial charge in [0, 0.05) is 30.7 Å². The molecule has 0 aliphatic heterocycles. The predicted octanol–water partition coefficient (Wildman–Crippen LogP) is 2.95. The number of carbonyl (C=O) groups excluding carboxylic acids is 1. The van der Waals surface area contributed by atoms with Gasteiger partial charge in [0.1, 0.15) is 5.78 Å². The van der Waals surface area contributed by atoms with Crippen molar-refractivity contribution in [1.29, 1.82) is 0 Å². The number of benzene rings is 1. The Morgan fingerprint density at radius 2 is 2.17 bits per heavy atom. The van der Waals surface area contributed by atoms with Gasteiger partial charge in [-0.25, -0.2) is 0 Å². The van der Waals surface area contributed by atoms with Crippen LogP contribution >= 0.6 is 11.6 Å². The first-order chi connectivity index (χ1) is 8.63. The number of ketones is 1. The van der Waals surface area contributed by atoms with Crippen molar-refractivity contribution in [1.82, 2.24) is 9.78 Å². The fourth-order valence-electron chi connectivity index (χ4n) is 2.25. The lowest BCUT2D eigenvalue weighted by Gasteiger charge is -2.10. The van der Waals surface area contributed by atoms with Crippen LogP contribution in [0, 0.1) is 5.92 Å². The van der Waals surface area contributed by atoms with Crippen molar-refractivity contribution >= 4 is 28.3 Å². The minimum absolute atomic E-state index is 0.0270. The van der Waals surface area contributed by atoms with Crippen LogP contribution in [0.25, 0.3) is 10.9 Å². The second-order valence-corrected chi connectivity index (χ2v) is 4.95. The highest BCUT2D eigenvalue weighted by atomic mass is 35.5. The molecule has 0 amide bonds. The molecular weight excluding hydrogens is 248 g/mol. The molecule has 0 radical (unpaired) electrons. The van der Waals surface area contributed by atoms with Crippen molar-refractivity contribution in [2.75, 3.05) is 5.88 Å². The maximum Gasteiger partial charge on any atom is 0.133 e. The van der Waals surface area contributed by atoms with Crippen molar-refractivity contribution in [3.8, 4) is 0 Å². The van der Waals surface area contributed by atoms with E-state index in [1.54, 1.807) is 6.92 Å². The van der Waals surface area contributed by atoms with E-state index >= 15 is 0 Å². The second-order valence-electron chi connectivity index (χ2n) is 4.58. The van der Waals surface area contributed by atoms with Crippen LogP contribution in [0.5, 0.6) is 0 Å². The normalized spacial score (nSPS) is 12.8. The van der Waals surface area contributed by atoms with Gasteiger partial charge in [-0.15, -0.1) is 11.6 Å². The Labute approximate surface area is 112 Å². The van der Waals surface area contributed by atoms with Crippen LogP contribution in [0.2, 0.25) is 0 Å². The third kappa shape index (κ3) is 2.56. The number of hydrogen-bond acceptors (Lipinski definition) is 2. The van der Waals surface area contributed by atoms with Crippen molar-refractivity contribution < 1.29 is 4.79 Å². The van der Waals surface area contributed by atoms with E-state index < -0.39 is 0 Å². The number of hydrogen-bond donors (Lipinski definition) is 0. The van der Waals surface area contributed by atoms with Gasteiger partial charge < -0.3 is 0 Å². The Morgan fingerprint density at radius 1 is 1.44 bits per heavy atom. The number of para-hydroxylation sites is 1. The number of rotatable bonds is 5. The first-order valence-corrected chi connectivity index (χ1v) is 6.64. The summed E-state index contributed by atoms with van der Waals surface area (Å²) in [6.45, 7) is 1.63. The molecule has 1 unspecified atom stereocenters. The van der Waals surface area contributed by atoms with E-state index in [9.17, 15) is 4.79 Å². The molecule has 4 heteroatoms. The summed E-state index contributed by atoms with van der Waals surface area (Å²) in [5, 5.41) is 5.64. The third-order valence-electron chi connectivity index (χ3n) is 3.31. The van der Waals surface area contributed by atoms with Crippen LogP contribution in [0.3, 0.4) is 0 Å². The Bertz CT molecular complexity index is 562. The van der Waals surface area contributed by atoms with E-state index in [1.807, 2.05) is 29.9 Å². The van der Waals surface area contributed by atoms with E-state index in [0.717, 1.165) is 16.6 Å². The van der Waals surface area contributed by atoms with Crippen molar-refractivity contribution in [3.63, 3.8) is 0 Å². The summed E-state index contributed by atoms with van der Waals surface area (Å²) in [4.78, 5) is 11.6. The molecule has 0 N–H and O–H groups in total. The molecule has 1 aromatic heterocycles. The lowest BCUT2D eigenvalue weighted by atomic mass is 9.95. The van der Waals surface area contributed by atoms with Gasteiger partial charge >= 0.3 is 0 Å². The minimum Gasteiger partial charge on any atom is -0.300 e. The molecule has 1 heterocycles. The van der Waals surface area contributed by atoms with Crippen LogP contribution in [0.1, 0.15) is 19.0 Å². The number of aromatic nitrogens is 2.